The van der Waals surface area contributed by atoms with Crippen molar-refractivity contribution in [2.24, 2.45) is 0 Å². The number of carbonyl (C=O) groups is 1. The highest BCUT2D eigenvalue weighted by Crippen LogP contribution is 2.22. The van der Waals surface area contributed by atoms with Crippen LogP contribution in [0.2, 0.25) is 5.02 Å². The van der Waals surface area contributed by atoms with Crippen LogP contribution in [0.25, 0.3) is 0 Å². The van der Waals surface area contributed by atoms with Gasteiger partial charge in [-0.1, -0.05) is 23.7 Å². The number of hydrogen-bond donors (Lipinski definition) is 2. The molecule has 0 saturated heterocycles. The molecule has 0 saturated carbocycles. The number of aryl methyl sites for hydroxylation is 1. The van der Waals surface area contributed by atoms with E-state index in [0.29, 0.717) is 22.0 Å². The topological polar surface area (TPSA) is 78.5 Å². The monoisotopic (exact) mass is 381 g/mol. The third-order valence-corrected chi connectivity index (χ3v) is 5.70. The summed E-state index contributed by atoms with van der Waals surface area (Å²) in [7, 11) is -0.585. The van der Waals surface area contributed by atoms with E-state index in [1.807, 2.05) is 0 Å². The maximum Gasteiger partial charge on any atom is 0.243 e. The van der Waals surface area contributed by atoms with E-state index in [2.05, 4.69) is 10.6 Å². The molecule has 0 spiro atoms. The summed E-state index contributed by atoms with van der Waals surface area (Å²) in [6, 6.07) is 11.8. The van der Waals surface area contributed by atoms with Crippen molar-refractivity contribution < 1.29 is 13.2 Å². The Balaban J connectivity index is 2.07. The summed E-state index contributed by atoms with van der Waals surface area (Å²) < 4.78 is 25.8. The highest BCUT2D eigenvalue weighted by molar-refractivity contribution is 7.89. The van der Waals surface area contributed by atoms with Crippen molar-refractivity contribution in [3.63, 3.8) is 0 Å². The van der Waals surface area contributed by atoms with Gasteiger partial charge in [0, 0.05) is 30.5 Å². The molecule has 0 heterocycles. The molecule has 8 heteroatoms. The van der Waals surface area contributed by atoms with Crippen LogP contribution in [0.1, 0.15) is 5.56 Å². The maximum absolute atomic E-state index is 12.3. The van der Waals surface area contributed by atoms with Gasteiger partial charge < -0.3 is 10.6 Å². The first-order chi connectivity index (χ1) is 11.7. The van der Waals surface area contributed by atoms with Crippen molar-refractivity contribution in [2.75, 3.05) is 31.3 Å². The fourth-order valence-corrected chi connectivity index (χ4v) is 3.47. The molecule has 0 atom stereocenters. The first kappa shape index (κ1) is 19.2. The van der Waals surface area contributed by atoms with Gasteiger partial charge in [-0.05, 0) is 42.8 Å². The van der Waals surface area contributed by atoms with Gasteiger partial charge in [0.2, 0.25) is 15.9 Å². The number of benzene rings is 2. The van der Waals surface area contributed by atoms with Gasteiger partial charge in [0.15, 0.2) is 0 Å². The van der Waals surface area contributed by atoms with Crippen LogP contribution >= 0.6 is 11.6 Å². The highest BCUT2D eigenvalue weighted by Gasteiger charge is 2.20. The van der Waals surface area contributed by atoms with E-state index in [0.717, 1.165) is 4.31 Å². The van der Waals surface area contributed by atoms with E-state index >= 15 is 0 Å². The summed E-state index contributed by atoms with van der Waals surface area (Å²) in [6.07, 6.45) is 0. The van der Waals surface area contributed by atoms with Crippen molar-refractivity contribution >= 4 is 38.9 Å². The number of rotatable bonds is 6. The molecule has 2 rings (SSSR count). The van der Waals surface area contributed by atoms with Gasteiger partial charge in [-0.15, -0.1) is 0 Å². The molecular weight excluding hydrogens is 362 g/mol. The average Bonchev–Trinajstić information content (AvgIpc) is 2.53. The molecule has 1 amide bonds. The van der Waals surface area contributed by atoms with Gasteiger partial charge in [0.05, 0.1) is 11.4 Å². The Labute approximate surface area is 152 Å². The van der Waals surface area contributed by atoms with Gasteiger partial charge in [0.25, 0.3) is 0 Å². The molecule has 0 unspecified atom stereocenters. The number of nitrogens with one attached hydrogen (secondary N) is 2. The lowest BCUT2D eigenvalue weighted by atomic mass is 10.2. The quantitative estimate of drug-likeness (QED) is 0.806. The minimum absolute atomic E-state index is 0.00295. The lowest BCUT2D eigenvalue weighted by molar-refractivity contribution is -0.114. The summed E-state index contributed by atoms with van der Waals surface area (Å²) in [5.74, 6) is -0.264. The second kappa shape index (κ2) is 7.86. The third kappa shape index (κ3) is 4.94. The molecule has 0 aliphatic rings. The molecule has 0 radical (unpaired) electrons. The SMILES string of the molecule is Cc1ccc(NCC(=O)Nc2cccc(Cl)c2)cc1S(=O)(=O)N(C)C. The summed E-state index contributed by atoms with van der Waals surface area (Å²) in [5.41, 5.74) is 1.79. The molecule has 25 heavy (non-hydrogen) atoms. The van der Waals surface area contributed by atoms with Crippen LogP contribution in [0.5, 0.6) is 0 Å². The van der Waals surface area contributed by atoms with Crippen LogP contribution in [0.3, 0.4) is 0 Å². The van der Waals surface area contributed by atoms with Crippen LogP contribution < -0.4 is 10.6 Å². The van der Waals surface area contributed by atoms with Gasteiger partial charge in [-0.2, -0.15) is 0 Å². The lowest BCUT2D eigenvalue weighted by Gasteiger charge is -2.15. The van der Waals surface area contributed by atoms with Gasteiger partial charge >= 0.3 is 0 Å². The van der Waals surface area contributed by atoms with Crippen LogP contribution in [0.4, 0.5) is 11.4 Å². The minimum Gasteiger partial charge on any atom is -0.376 e. The fraction of sp³-hybridized carbons (Fsp3) is 0.235. The normalized spacial score (nSPS) is 11.4. The summed E-state index contributed by atoms with van der Waals surface area (Å²) in [6.45, 7) is 1.73. The zero-order chi connectivity index (χ0) is 18.6. The average molecular weight is 382 g/mol. The predicted octanol–water partition coefficient (Wildman–Crippen LogP) is 2.95. The second-order valence-electron chi connectivity index (χ2n) is 5.68. The van der Waals surface area contributed by atoms with E-state index < -0.39 is 10.0 Å². The van der Waals surface area contributed by atoms with E-state index in [1.165, 1.54) is 20.2 Å². The Morgan fingerprint density at radius 3 is 2.48 bits per heavy atom. The molecule has 134 valence electrons. The number of amides is 1. The molecule has 0 aromatic heterocycles. The zero-order valence-corrected chi connectivity index (χ0v) is 15.8. The molecular formula is C17H20ClN3O3S. The number of hydrogen-bond acceptors (Lipinski definition) is 4. The number of nitrogens with zero attached hydrogens (tertiary/aromatic N) is 1. The molecule has 2 aromatic carbocycles. The third-order valence-electron chi connectivity index (χ3n) is 3.51. The smallest absolute Gasteiger partial charge is 0.243 e. The maximum atomic E-state index is 12.3. The fourth-order valence-electron chi connectivity index (χ4n) is 2.14. The number of sulfonamides is 1. The van der Waals surface area contributed by atoms with E-state index in [4.69, 9.17) is 11.6 Å². The molecule has 0 bridgehead atoms. The van der Waals surface area contributed by atoms with E-state index in [1.54, 1.807) is 43.3 Å². The summed E-state index contributed by atoms with van der Waals surface area (Å²) in [5, 5.41) is 6.18. The molecule has 6 nitrogen and oxygen atoms in total. The van der Waals surface area contributed by atoms with Crippen molar-refractivity contribution in [3.8, 4) is 0 Å². The molecule has 0 aliphatic carbocycles. The Bertz CT molecular complexity index is 882. The highest BCUT2D eigenvalue weighted by atomic mass is 35.5. The van der Waals surface area contributed by atoms with Crippen molar-refractivity contribution in [3.05, 3.63) is 53.1 Å². The van der Waals surface area contributed by atoms with Gasteiger partial charge in [-0.3, -0.25) is 4.79 Å². The summed E-state index contributed by atoms with van der Waals surface area (Å²) in [4.78, 5) is 12.2. The summed E-state index contributed by atoms with van der Waals surface area (Å²) >= 11 is 5.87. The van der Waals surface area contributed by atoms with E-state index in [-0.39, 0.29) is 17.3 Å². The van der Waals surface area contributed by atoms with E-state index in [9.17, 15) is 13.2 Å². The molecule has 2 aromatic rings. The second-order valence-corrected chi connectivity index (χ2v) is 8.24. The Morgan fingerprint density at radius 1 is 1.12 bits per heavy atom. The van der Waals surface area contributed by atoms with Crippen LogP contribution in [-0.4, -0.2) is 39.3 Å². The van der Waals surface area contributed by atoms with Crippen LogP contribution in [0.15, 0.2) is 47.4 Å². The molecule has 0 fully saturated rings. The van der Waals surface area contributed by atoms with Gasteiger partial charge in [-0.25, -0.2) is 12.7 Å². The number of carbonyl (C=O) groups excluding carboxylic acids is 1. The first-order valence-corrected chi connectivity index (χ1v) is 9.34. The zero-order valence-electron chi connectivity index (χ0n) is 14.2. The van der Waals surface area contributed by atoms with Crippen molar-refractivity contribution in [1.82, 2.24) is 4.31 Å². The largest absolute Gasteiger partial charge is 0.376 e. The molecule has 0 aliphatic heterocycles. The van der Waals surface area contributed by atoms with Crippen LogP contribution in [-0.2, 0) is 14.8 Å². The van der Waals surface area contributed by atoms with Crippen LogP contribution in [0, 0.1) is 6.92 Å². The number of halogens is 1. The Hall–Kier alpha value is -2.09. The Kier molecular flexibility index (Phi) is 6.05. The standard InChI is InChI=1S/C17H20ClN3O3S/c1-12-7-8-14(10-16(12)25(23,24)21(2)3)19-11-17(22)20-15-6-4-5-13(18)9-15/h4-10,19H,11H2,1-3H3,(H,20,22). The lowest BCUT2D eigenvalue weighted by Crippen LogP contribution is -2.24. The first-order valence-electron chi connectivity index (χ1n) is 7.52. The predicted molar refractivity (Wildman–Crippen MR) is 101 cm³/mol. The van der Waals surface area contributed by atoms with Crippen molar-refractivity contribution in [1.29, 1.82) is 0 Å². The molecule has 2 N–H and O–H groups in total. The minimum atomic E-state index is -3.54. The number of anilines is 2. The van der Waals surface area contributed by atoms with Gasteiger partial charge in [0.1, 0.15) is 0 Å². The Morgan fingerprint density at radius 2 is 1.84 bits per heavy atom. The van der Waals surface area contributed by atoms with Crippen molar-refractivity contribution in [2.45, 2.75) is 11.8 Å².